The summed E-state index contributed by atoms with van der Waals surface area (Å²) in [5, 5.41) is 23.9. The lowest BCUT2D eigenvalue weighted by Crippen LogP contribution is -2.49. The molecule has 0 unspecified atom stereocenters. The molecule has 2 atom stereocenters. The number of amides is 1. The molecule has 1 aliphatic carbocycles. The second kappa shape index (κ2) is 9.23. The van der Waals surface area contributed by atoms with Crippen LogP contribution in [0.15, 0.2) is 59.5 Å². The van der Waals surface area contributed by atoms with Gasteiger partial charge in [-0.05, 0) is 31.0 Å². The Kier molecular flexibility index (Phi) is 6.68. The molecule has 0 radical (unpaired) electrons. The van der Waals surface area contributed by atoms with Gasteiger partial charge in [0.1, 0.15) is 6.54 Å². The number of nitro benzene ring substituents is 1. The van der Waals surface area contributed by atoms with Crippen molar-refractivity contribution >= 4 is 27.3 Å². The number of carbonyl (C=O) groups is 1. The number of nitro groups is 1. The fraction of sp³-hybridized carbons (Fsp3) is 0.350. The van der Waals surface area contributed by atoms with E-state index in [1.165, 1.54) is 30.3 Å². The Hall–Kier alpha value is -2.98. The van der Waals surface area contributed by atoms with Crippen molar-refractivity contribution in [2.45, 2.75) is 42.7 Å². The van der Waals surface area contributed by atoms with Crippen molar-refractivity contribution in [3.05, 3.63) is 64.7 Å². The molecule has 0 aliphatic heterocycles. The molecule has 1 fully saturated rings. The molecule has 0 spiro atoms. The predicted molar refractivity (Wildman–Crippen MR) is 110 cm³/mol. The highest BCUT2D eigenvalue weighted by atomic mass is 32.2. The van der Waals surface area contributed by atoms with Gasteiger partial charge < -0.3 is 10.4 Å². The maximum Gasteiger partial charge on any atom is 0.271 e. The minimum absolute atomic E-state index is 0.00685. The van der Waals surface area contributed by atoms with E-state index in [2.05, 4.69) is 5.32 Å². The van der Waals surface area contributed by atoms with E-state index in [0.717, 1.165) is 23.2 Å². The Labute approximate surface area is 174 Å². The first kappa shape index (κ1) is 21.7. The van der Waals surface area contributed by atoms with E-state index in [1.54, 1.807) is 18.2 Å². The van der Waals surface area contributed by atoms with Crippen molar-refractivity contribution in [1.82, 2.24) is 5.32 Å². The van der Waals surface area contributed by atoms with Crippen molar-refractivity contribution in [3.63, 3.8) is 0 Å². The highest BCUT2D eigenvalue weighted by Gasteiger charge is 2.30. The number of sulfonamides is 1. The number of anilines is 1. The fourth-order valence-electron chi connectivity index (χ4n) is 3.46. The molecule has 10 heteroatoms. The Morgan fingerprint density at radius 1 is 1.13 bits per heavy atom. The minimum atomic E-state index is -4.16. The van der Waals surface area contributed by atoms with Gasteiger partial charge in [-0.3, -0.25) is 19.2 Å². The number of rotatable bonds is 7. The van der Waals surface area contributed by atoms with E-state index in [9.17, 15) is 28.4 Å². The molecule has 160 valence electrons. The molecule has 0 heterocycles. The van der Waals surface area contributed by atoms with Gasteiger partial charge in [0, 0.05) is 12.1 Å². The molecular weight excluding hydrogens is 410 g/mol. The number of aliphatic hydroxyl groups is 1. The van der Waals surface area contributed by atoms with Crippen LogP contribution in [-0.4, -0.2) is 43.0 Å². The third kappa shape index (κ3) is 4.95. The van der Waals surface area contributed by atoms with Gasteiger partial charge in [0.15, 0.2) is 0 Å². The third-order valence-electron chi connectivity index (χ3n) is 5.02. The molecular formula is C20H23N3O6S. The smallest absolute Gasteiger partial charge is 0.271 e. The maximum atomic E-state index is 13.2. The van der Waals surface area contributed by atoms with Crippen LogP contribution in [0.5, 0.6) is 0 Å². The quantitative estimate of drug-likeness (QED) is 0.509. The molecule has 9 nitrogen and oxygen atoms in total. The molecule has 0 saturated heterocycles. The van der Waals surface area contributed by atoms with Gasteiger partial charge in [0.25, 0.3) is 15.7 Å². The van der Waals surface area contributed by atoms with E-state index in [4.69, 9.17) is 0 Å². The largest absolute Gasteiger partial charge is 0.391 e. The van der Waals surface area contributed by atoms with Gasteiger partial charge in [-0.1, -0.05) is 37.1 Å². The average molecular weight is 433 g/mol. The topological polar surface area (TPSA) is 130 Å². The SMILES string of the molecule is O=C(CN(c1cccc([N+](=O)[O-])c1)S(=O)(=O)c1ccccc1)N[C@H]1CCCC[C@@H]1O. The summed E-state index contributed by atoms with van der Waals surface area (Å²) in [5.74, 6) is -0.591. The fourth-order valence-corrected chi connectivity index (χ4v) is 4.89. The molecule has 1 saturated carbocycles. The summed E-state index contributed by atoms with van der Waals surface area (Å²) in [6.45, 7) is -0.568. The van der Waals surface area contributed by atoms with Crippen LogP contribution in [0.4, 0.5) is 11.4 Å². The van der Waals surface area contributed by atoms with Crippen molar-refractivity contribution < 1.29 is 23.2 Å². The number of hydrogen-bond acceptors (Lipinski definition) is 6. The molecule has 2 N–H and O–H groups in total. The summed E-state index contributed by atoms with van der Waals surface area (Å²) < 4.78 is 27.3. The van der Waals surface area contributed by atoms with Crippen LogP contribution in [0.1, 0.15) is 25.7 Å². The zero-order chi connectivity index (χ0) is 21.7. The second-order valence-corrected chi connectivity index (χ2v) is 8.99. The lowest BCUT2D eigenvalue weighted by molar-refractivity contribution is -0.384. The average Bonchev–Trinajstić information content (AvgIpc) is 2.74. The molecule has 30 heavy (non-hydrogen) atoms. The second-order valence-electron chi connectivity index (χ2n) is 7.13. The van der Waals surface area contributed by atoms with Crippen LogP contribution in [0.3, 0.4) is 0 Å². The molecule has 1 amide bonds. The van der Waals surface area contributed by atoms with Crippen molar-refractivity contribution in [2.24, 2.45) is 0 Å². The Bertz CT molecular complexity index is 1010. The number of nitrogens with one attached hydrogen (secondary N) is 1. The number of nitrogens with zero attached hydrogens (tertiary/aromatic N) is 2. The van der Waals surface area contributed by atoms with E-state index in [0.29, 0.717) is 12.8 Å². The monoisotopic (exact) mass is 433 g/mol. The van der Waals surface area contributed by atoms with Gasteiger partial charge in [-0.15, -0.1) is 0 Å². The summed E-state index contributed by atoms with van der Waals surface area (Å²) in [7, 11) is -4.16. The van der Waals surface area contributed by atoms with Gasteiger partial charge >= 0.3 is 0 Å². The highest BCUT2D eigenvalue weighted by molar-refractivity contribution is 7.92. The Morgan fingerprint density at radius 2 is 1.83 bits per heavy atom. The summed E-state index contributed by atoms with van der Waals surface area (Å²) in [6, 6.07) is 12.2. The molecule has 0 bridgehead atoms. The summed E-state index contributed by atoms with van der Waals surface area (Å²) in [5.41, 5.74) is -0.281. The lowest BCUT2D eigenvalue weighted by Gasteiger charge is -2.30. The number of hydrogen-bond donors (Lipinski definition) is 2. The number of aliphatic hydroxyl groups excluding tert-OH is 1. The highest BCUT2D eigenvalue weighted by Crippen LogP contribution is 2.27. The van der Waals surface area contributed by atoms with Crippen LogP contribution in [0, 0.1) is 10.1 Å². The molecule has 2 aromatic rings. The van der Waals surface area contributed by atoms with E-state index in [1.807, 2.05) is 0 Å². The van der Waals surface area contributed by atoms with Crippen LogP contribution in [0.25, 0.3) is 0 Å². The third-order valence-corrected chi connectivity index (χ3v) is 6.81. The van der Waals surface area contributed by atoms with Crippen LogP contribution in [-0.2, 0) is 14.8 Å². The van der Waals surface area contributed by atoms with Crippen molar-refractivity contribution in [1.29, 1.82) is 0 Å². The van der Waals surface area contributed by atoms with Gasteiger partial charge in [0.05, 0.1) is 27.7 Å². The number of non-ortho nitro benzene ring substituents is 1. The first-order chi connectivity index (χ1) is 14.3. The van der Waals surface area contributed by atoms with Gasteiger partial charge in [-0.2, -0.15) is 0 Å². The molecule has 0 aromatic heterocycles. The van der Waals surface area contributed by atoms with Crippen molar-refractivity contribution in [2.75, 3.05) is 10.8 Å². The van der Waals surface area contributed by atoms with E-state index < -0.39 is 39.5 Å². The summed E-state index contributed by atoms with van der Waals surface area (Å²) in [4.78, 5) is 23.2. The molecule has 3 rings (SSSR count). The van der Waals surface area contributed by atoms with E-state index >= 15 is 0 Å². The standard InChI is InChI=1S/C20H23N3O6S/c24-19-12-5-4-11-18(19)21-20(25)14-22(15-7-6-8-16(13-15)23(26)27)30(28,29)17-9-2-1-3-10-17/h1-3,6-10,13,18-19,24H,4-5,11-12,14H2,(H,21,25)/t18-,19-/m0/s1. The van der Waals surface area contributed by atoms with Crippen LogP contribution in [0.2, 0.25) is 0 Å². The zero-order valence-electron chi connectivity index (χ0n) is 16.2. The van der Waals surface area contributed by atoms with Crippen molar-refractivity contribution in [3.8, 4) is 0 Å². The normalized spacial score (nSPS) is 19.1. The van der Waals surface area contributed by atoms with Gasteiger partial charge in [0.2, 0.25) is 5.91 Å². The maximum absolute atomic E-state index is 13.2. The van der Waals surface area contributed by atoms with Gasteiger partial charge in [-0.25, -0.2) is 8.42 Å². The number of benzene rings is 2. The van der Waals surface area contributed by atoms with Crippen LogP contribution < -0.4 is 9.62 Å². The Balaban J connectivity index is 1.92. The first-order valence-electron chi connectivity index (χ1n) is 9.59. The number of carbonyl (C=O) groups excluding carboxylic acids is 1. The lowest BCUT2D eigenvalue weighted by atomic mass is 9.92. The minimum Gasteiger partial charge on any atom is -0.391 e. The summed E-state index contributed by atoms with van der Waals surface area (Å²) >= 11 is 0. The first-order valence-corrected chi connectivity index (χ1v) is 11.0. The summed E-state index contributed by atoms with van der Waals surface area (Å²) in [6.07, 6.45) is 2.23. The molecule has 2 aromatic carbocycles. The Morgan fingerprint density at radius 3 is 2.50 bits per heavy atom. The van der Waals surface area contributed by atoms with Crippen LogP contribution >= 0.6 is 0 Å². The van der Waals surface area contributed by atoms with E-state index in [-0.39, 0.29) is 16.3 Å². The molecule has 1 aliphatic rings. The predicted octanol–water partition coefficient (Wildman–Crippen LogP) is 2.21. The zero-order valence-corrected chi connectivity index (χ0v) is 17.0.